The number of hydrogen-bond acceptors (Lipinski definition) is 1. The van der Waals surface area contributed by atoms with Crippen LogP contribution in [0.1, 0.15) is 29.3 Å². The van der Waals surface area contributed by atoms with Crippen molar-refractivity contribution < 1.29 is 18.0 Å². The number of alkyl halides is 3. The van der Waals surface area contributed by atoms with Gasteiger partial charge in [0.05, 0.1) is 6.42 Å². The lowest BCUT2D eigenvalue weighted by molar-refractivity contribution is -0.140. The Labute approximate surface area is 92.3 Å². The number of hydrogen-bond donors (Lipinski definition) is 0. The van der Waals surface area contributed by atoms with Crippen molar-refractivity contribution in [2.75, 3.05) is 0 Å². The maximum absolute atomic E-state index is 12.1. The number of halogens is 3. The predicted octanol–water partition coefficient (Wildman–Crippen LogP) is 3.77. The van der Waals surface area contributed by atoms with Crippen LogP contribution in [-0.4, -0.2) is 12.0 Å². The highest BCUT2D eigenvalue weighted by Gasteiger charge is 2.33. The van der Waals surface area contributed by atoms with Crippen molar-refractivity contribution in [1.82, 2.24) is 0 Å². The van der Waals surface area contributed by atoms with Crippen LogP contribution < -0.4 is 0 Å². The molecule has 0 spiro atoms. The molecule has 0 aliphatic rings. The van der Waals surface area contributed by atoms with Gasteiger partial charge >= 0.3 is 6.18 Å². The van der Waals surface area contributed by atoms with Gasteiger partial charge in [0.25, 0.3) is 0 Å². The Bertz CT molecular complexity index is 365. The van der Waals surface area contributed by atoms with E-state index >= 15 is 0 Å². The van der Waals surface area contributed by atoms with Crippen LogP contribution in [0.4, 0.5) is 13.2 Å². The summed E-state index contributed by atoms with van der Waals surface area (Å²) in [6.07, 6.45) is -5.36. The second-order valence-corrected chi connectivity index (χ2v) is 3.95. The number of ketones is 1. The van der Waals surface area contributed by atoms with E-state index in [-0.39, 0.29) is 0 Å². The molecule has 0 aromatic heterocycles. The molecule has 0 heterocycles. The van der Waals surface area contributed by atoms with Crippen LogP contribution in [-0.2, 0) is 0 Å². The maximum atomic E-state index is 12.1. The van der Waals surface area contributed by atoms with E-state index in [1.54, 1.807) is 24.3 Å². The van der Waals surface area contributed by atoms with Crippen LogP contribution in [0.15, 0.2) is 24.3 Å². The van der Waals surface area contributed by atoms with E-state index in [1.165, 1.54) is 6.92 Å². The number of carbonyl (C=O) groups excluding carboxylic acids is 1. The fourth-order valence-corrected chi connectivity index (χ4v) is 1.44. The summed E-state index contributed by atoms with van der Waals surface area (Å²) in [6, 6.07) is 6.55. The Kier molecular flexibility index (Phi) is 3.73. The number of benzene rings is 1. The molecule has 0 saturated carbocycles. The van der Waals surface area contributed by atoms with Gasteiger partial charge in [0, 0.05) is 11.5 Å². The third kappa shape index (κ3) is 3.68. The number of aryl methyl sites for hydroxylation is 1. The first kappa shape index (κ1) is 12.7. The largest absolute Gasteiger partial charge is 0.389 e. The Balaban J connectivity index is 2.74. The Morgan fingerprint density at radius 1 is 1.25 bits per heavy atom. The van der Waals surface area contributed by atoms with Gasteiger partial charge in [-0.1, -0.05) is 36.8 Å². The van der Waals surface area contributed by atoms with Crippen LogP contribution in [0.25, 0.3) is 0 Å². The van der Waals surface area contributed by atoms with Gasteiger partial charge < -0.3 is 0 Å². The van der Waals surface area contributed by atoms with Crippen molar-refractivity contribution in [3.8, 4) is 0 Å². The monoisotopic (exact) mass is 230 g/mol. The van der Waals surface area contributed by atoms with Crippen molar-refractivity contribution in [2.24, 2.45) is 5.92 Å². The van der Waals surface area contributed by atoms with Crippen molar-refractivity contribution in [3.05, 3.63) is 35.4 Å². The average molecular weight is 230 g/mol. The van der Waals surface area contributed by atoms with Gasteiger partial charge in [-0.3, -0.25) is 4.79 Å². The summed E-state index contributed by atoms with van der Waals surface area (Å²) in [4.78, 5) is 11.6. The Hall–Kier alpha value is -1.32. The summed E-state index contributed by atoms with van der Waals surface area (Å²) in [5.41, 5.74) is 1.31. The second kappa shape index (κ2) is 4.68. The zero-order valence-electron chi connectivity index (χ0n) is 9.14. The van der Waals surface area contributed by atoms with E-state index in [2.05, 4.69) is 0 Å². The summed E-state index contributed by atoms with van der Waals surface area (Å²) in [5.74, 6) is -1.49. The van der Waals surface area contributed by atoms with Gasteiger partial charge in [-0.15, -0.1) is 0 Å². The minimum atomic E-state index is -4.29. The van der Waals surface area contributed by atoms with Crippen molar-refractivity contribution >= 4 is 5.78 Å². The molecule has 16 heavy (non-hydrogen) atoms. The van der Waals surface area contributed by atoms with Gasteiger partial charge in [0.1, 0.15) is 0 Å². The first-order valence-electron chi connectivity index (χ1n) is 4.97. The molecule has 0 amide bonds. The van der Waals surface area contributed by atoms with Gasteiger partial charge in [-0.25, -0.2) is 0 Å². The third-order valence-corrected chi connectivity index (χ3v) is 2.32. The Morgan fingerprint density at radius 3 is 2.19 bits per heavy atom. The molecule has 0 fully saturated rings. The standard InChI is InChI=1S/C12H13F3O/c1-8-3-5-10(6-4-8)11(16)9(2)7-12(13,14)15/h3-6,9H,7H2,1-2H3. The summed E-state index contributed by atoms with van der Waals surface area (Å²) >= 11 is 0. The first-order valence-corrected chi connectivity index (χ1v) is 4.97. The lowest BCUT2D eigenvalue weighted by Crippen LogP contribution is -2.20. The van der Waals surface area contributed by atoms with Crippen molar-refractivity contribution in [3.63, 3.8) is 0 Å². The molecule has 0 bridgehead atoms. The van der Waals surface area contributed by atoms with Gasteiger partial charge in [-0.2, -0.15) is 13.2 Å². The molecule has 1 rings (SSSR count). The van der Waals surface area contributed by atoms with E-state index in [4.69, 9.17) is 0 Å². The maximum Gasteiger partial charge on any atom is 0.389 e. The molecule has 1 atom stereocenters. The highest BCUT2D eigenvalue weighted by atomic mass is 19.4. The van der Waals surface area contributed by atoms with Crippen LogP contribution in [0, 0.1) is 12.8 Å². The van der Waals surface area contributed by atoms with Crippen LogP contribution in [0.5, 0.6) is 0 Å². The molecule has 0 N–H and O–H groups in total. The molecule has 0 aliphatic heterocycles. The molecule has 88 valence electrons. The average Bonchev–Trinajstić information content (AvgIpc) is 2.15. The van der Waals surface area contributed by atoms with Crippen LogP contribution >= 0.6 is 0 Å². The number of Topliss-reactive ketones (excluding diaryl/α,β-unsaturated/α-hetero) is 1. The fourth-order valence-electron chi connectivity index (χ4n) is 1.44. The Morgan fingerprint density at radius 2 is 1.75 bits per heavy atom. The fraction of sp³-hybridized carbons (Fsp3) is 0.417. The summed E-state index contributed by atoms with van der Waals surface area (Å²) in [7, 11) is 0. The number of rotatable bonds is 3. The molecule has 0 aliphatic carbocycles. The van der Waals surface area contributed by atoms with Crippen molar-refractivity contribution in [1.29, 1.82) is 0 Å². The van der Waals surface area contributed by atoms with E-state index < -0.39 is 24.3 Å². The molecule has 4 heteroatoms. The van der Waals surface area contributed by atoms with E-state index in [0.29, 0.717) is 5.56 Å². The lowest BCUT2D eigenvalue weighted by atomic mass is 9.96. The molecule has 1 unspecified atom stereocenters. The second-order valence-electron chi connectivity index (χ2n) is 3.95. The predicted molar refractivity (Wildman–Crippen MR) is 55.3 cm³/mol. The molecule has 1 nitrogen and oxygen atoms in total. The summed E-state index contributed by atoms with van der Waals surface area (Å²) in [5, 5.41) is 0. The minimum absolute atomic E-state index is 0.336. The van der Waals surface area contributed by atoms with Crippen LogP contribution in [0.2, 0.25) is 0 Å². The topological polar surface area (TPSA) is 17.1 Å². The third-order valence-electron chi connectivity index (χ3n) is 2.32. The van der Waals surface area contributed by atoms with Gasteiger partial charge in [0.2, 0.25) is 0 Å². The van der Waals surface area contributed by atoms with E-state index in [9.17, 15) is 18.0 Å². The minimum Gasteiger partial charge on any atom is -0.294 e. The highest BCUT2D eigenvalue weighted by molar-refractivity contribution is 5.97. The quantitative estimate of drug-likeness (QED) is 0.722. The summed E-state index contributed by atoms with van der Waals surface area (Å²) < 4.78 is 36.3. The summed E-state index contributed by atoms with van der Waals surface area (Å²) in [6.45, 7) is 3.16. The SMILES string of the molecule is Cc1ccc(C(=O)C(C)CC(F)(F)F)cc1. The van der Waals surface area contributed by atoms with Crippen LogP contribution in [0.3, 0.4) is 0 Å². The van der Waals surface area contributed by atoms with Gasteiger partial charge in [-0.05, 0) is 6.92 Å². The van der Waals surface area contributed by atoms with E-state index in [1.807, 2.05) is 6.92 Å². The smallest absolute Gasteiger partial charge is 0.294 e. The first-order chi connectivity index (χ1) is 7.29. The molecule has 0 saturated heterocycles. The zero-order chi connectivity index (χ0) is 12.3. The normalized spacial score (nSPS) is 13.6. The molecule has 1 aromatic rings. The highest BCUT2D eigenvalue weighted by Crippen LogP contribution is 2.26. The van der Waals surface area contributed by atoms with Crippen molar-refractivity contribution in [2.45, 2.75) is 26.4 Å². The molecule has 0 radical (unpaired) electrons. The van der Waals surface area contributed by atoms with Gasteiger partial charge in [0.15, 0.2) is 5.78 Å². The lowest BCUT2D eigenvalue weighted by Gasteiger charge is -2.12. The zero-order valence-corrected chi connectivity index (χ0v) is 9.14. The number of carbonyl (C=O) groups is 1. The molecule has 1 aromatic carbocycles. The molecular weight excluding hydrogens is 217 g/mol. The van der Waals surface area contributed by atoms with E-state index in [0.717, 1.165) is 5.56 Å². The molecular formula is C12H13F3O.